The highest BCUT2D eigenvalue weighted by Crippen LogP contribution is 1.92. The lowest BCUT2D eigenvalue weighted by Crippen LogP contribution is -1.85. The third kappa shape index (κ3) is 12.4. The summed E-state index contributed by atoms with van der Waals surface area (Å²) in [7, 11) is -2.62. The van der Waals surface area contributed by atoms with E-state index in [1.54, 1.807) is 0 Å². The molecule has 3 nitrogen and oxygen atoms in total. The molecule has 0 fully saturated rings. The van der Waals surface area contributed by atoms with Gasteiger partial charge in [0.15, 0.2) is 10.9 Å². The van der Waals surface area contributed by atoms with Crippen LogP contribution in [0.4, 0.5) is 0 Å². The fraction of sp³-hybridized carbons (Fsp3) is 0.143. The second kappa shape index (κ2) is 10.5. The molecule has 0 bridgehead atoms. The van der Waals surface area contributed by atoms with Gasteiger partial charge in [0.1, 0.15) is 0 Å². The Hall–Kier alpha value is -1.65. The lowest BCUT2D eigenvalue weighted by Gasteiger charge is -1.82. The number of rotatable bonds is 0. The van der Waals surface area contributed by atoms with Gasteiger partial charge in [-0.25, -0.2) is 13.6 Å². The van der Waals surface area contributed by atoms with E-state index >= 15 is 0 Å². The summed E-state index contributed by atoms with van der Waals surface area (Å²) < 4.78 is 17.6. The van der Waals surface area contributed by atoms with E-state index in [4.69, 9.17) is 8.42 Å². The Balaban J connectivity index is 0.000000253. The van der Waals surface area contributed by atoms with Crippen LogP contribution in [-0.2, 0) is 10.9 Å². The minimum absolute atomic E-state index is 1.32. The Morgan fingerprint density at radius 2 is 0.944 bits per heavy atom. The van der Waals surface area contributed by atoms with Gasteiger partial charge in [-0.05, 0) is 13.8 Å². The maximum atomic E-state index is 8.81. The maximum Gasteiger partial charge on any atom is 0.198 e. The summed E-state index contributed by atoms with van der Waals surface area (Å²) in [5.74, 6) is 0. The van der Waals surface area contributed by atoms with Crippen LogP contribution in [0.25, 0.3) is 0 Å². The Bertz CT molecular complexity index is 436. The van der Waals surface area contributed by atoms with Gasteiger partial charge in [-0.2, -0.15) is 0 Å². The van der Waals surface area contributed by atoms with E-state index in [1.165, 1.54) is 11.1 Å². The molecule has 4 heteroatoms. The summed E-state index contributed by atoms with van der Waals surface area (Å²) in [4.78, 5) is 0. The molecule has 0 amide bonds. The molecule has 0 radical (unpaired) electrons. The molecule has 18 heavy (non-hydrogen) atoms. The Labute approximate surface area is 110 Å². The summed E-state index contributed by atoms with van der Waals surface area (Å²) >= 11 is 0. The van der Waals surface area contributed by atoms with Gasteiger partial charge in [-0.1, -0.05) is 71.8 Å². The molecular weight excluding hydrogens is 246 g/mol. The molecule has 2 aromatic rings. The molecule has 0 saturated carbocycles. The predicted octanol–water partition coefficient (Wildman–Crippen LogP) is 2.46. The van der Waals surface area contributed by atoms with Gasteiger partial charge in [0.2, 0.25) is 0 Å². The van der Waals surface area contributed by atoms with Crippen LogP contribution < -0.4 is 5.14 Å². The van der Waals surface area contributed by atoms with Crippen molar-refractivity contribution in [2.75, 3.05) is 0 Å². The monoisotopic (exact) mass is 265 g/mol. The Morgan fingerprint density at radius 1 is 0.722 bits per heavy atom. The second-order valence-electron chi connectivity index (χ2n) is 3.59. The smallest absolute Gasteiger partial charge is 0.198 e. The van der Waals surface area contributed by atoms with Crippen molar-refractivity contribution in [3.8, 4) is 0 Å². The number of nitrogens with two attached hydrogens (primary N) is 1. The number of aryl methyl sites for hydroxylation is 2. The van der Waals surface area contributed by atoms with Crippen LogP contribution in [-0.4, -0.2) is 8.42 Å². The average Bonchev–Trinajstić information content (AvgIpc) is 2.31. The van der Waals surface area contributed by atoms with Gasteiger partial charge >= 0.3 is 0 Å². The molecule has 0 unspecified atom stereocenters. The molecule has 0 heterocycles. The van der Waals surface area contributed by atoms with Crippen molar-refractivity contribution < 1.29 is 8.42 Å². The fourth-order valence-corrected chi connectivity index (χ4v) is 1.07. The highest BCUT2D eigenvalue weighted by Gasteiger charge is 1.72. The number of benzene rings is 2. The minimum Gasteiger partial charge on any atom is -0.231 e. The minimum atomic E-state index is -2.62. The molecule has 0 spiro atoms. The van der Waals surface area contributed by atoms with Crippen LogP contribution in [0.1, 0.15) is 11.1 Å². The first kappa shape index (κ1) is 16.4. The summed E-state index contributed by atoms with van der Waals surface area (Å²) in [5, 5.41) is 4.06. The quantitative estimate of drug-likeness (QED) is 0.719. The molecular formula is C14H19NO2S. The van der Waals surface area contributed by atoms with E-state index in [1.807, 2.05) is 36.4 Å². The van der Waals surface area contributed by atoms with Crippen molar-refractivity contribution in [3.63, 3.8) is 0 Å². The van der Waals surface area contributed by atoms with Crippen LogP contribution >= 0.6 is 0 Å². The van der Waals surface area contributed by atoms with E-state index in [0.717, 1.165) is 0 Å². The molecule has 2 N–H and O–H groups in total. The van der Waals surface area contributed by atoms with Crippen molar-refractivity contribution >= 4 is 10.9 Å². The van der Waals surface area contributed by atoms with E-state index in [9.17, 15) is 0 Å². The Morgan fingerprint density at radius 3 is 1.06 bits per heavy atom. The highest BCUT2D eigenvalue weighted by molar-refractivity contribution is 7.69. The first-order valence-electron chi connectivity index (χ1n) is 5.44. The molecule has 2 aromatic carbocycles. The van der Waals surface area contributed by atoms with E-state index < -0.39 is 10.9 Å². The topological polar surface area (TPSA) is 60.2 Å². The van der Waals surface area contributed by atoms with E-state index in [-0.39, 0.29) is 0 Å². The molecule has 0 aromatic heterocycles. The zero-order valence-corrected chi connectivity index (χ0v) is 11.5. The zero-order chi connectivity index (χ0) is 13.8. The lowest BCUT2D eigenvalue weighted by atomic mass is 10.2. The van der Waals surface area contributed by atoms with Crippen molar-refractivity contribution in [2.24, 2.45) is 5.14 Å². The lowest BCUT2D eigenvalue weighted by molar-refractivity contribution is 0.616. The van der Waals surface area contributed by atoms with Crippen molar-refractivity contribution in [1.82, 2.24) is 0 Å². The maximum absolute atomic E-state index is 8.81. The first-order chi connectivity index (χ1) is 8.52. The molecule has 98 valence electrons. The van der Waals surface area contributed by atoms with Gasteiger partial charge in [-0.3, -0.25) is 0 Å². The van der Waals surface area contributed by atoms with Crippen LogP contribution in [0.5, 0.6) is 0 Å². The molecule has 2 rings (SSSR count). The number of hydrogen-bond acceptors (Lipinski definition) is 2. The van der Waals surface area contributed by atoms with Gasteiger partial charge in [0.05, 0.1) is 0 Å². The summed E-state index contributed by atoms with van der Waals surface area (Å²) in [6.45, 7) is 4.17. The molecule has 0 aliphatic rings. The number of thiol groups is 1. The molecule has 0 saturated heterocycles. The normalized spacial score (nSPS) is 8.67. The van der Waals surface area contributed by atoms with Crippen LogP contribution in [0.2, 0.25) is 0 Å². The molecule has 0 aliphatic heterocycles. The summed E-state index contributed by atoms with van der Waals surface area (Å²) in [6.07, 6.45) is 0. The van der Waals surface area contributed by atoms with Crippen LogP contribution in [0, 0.1) is 13.8 Å². The highest BCUT2D eigenvalue weighted by atomic mass is 32.2. The van der Waals surface area contributed by atoms with Gasteiger partial charge in [0.25, 0.3) is 0 Å². The van der Waals surface area contributed by atoms with Gasteiger partial charge in [0, 0.05) is 0 Å². The van der Waals surface area contributed by atoms with Gasteiger partial charge < -0.3 is 0 Å². The summed E-state index contributed by atoms with van der Waals surface area (Å²) in [6, 6.07) is 20.5. The average molecular weight is 265 g/mol. The summed E-state index contributed by atoms with van der Waals surface area (Å²) in [5.41, 5.74) is 2.64. The SMILES string of the molecule is Cc1ccccc1.Cc1ccccc1.N[SH](=O)=O. The Kier molecular flexibility index (Phi) is 9.54. The standard InChI is InChI=1S/2C7H8.H3NO2S/c2*1-7-5-3-2-4-6-7;1-4(2)3/h2*2-6H,1H3;4H,(H2,1,2,3). The predicted molar refractivity (Wildman–Crippen MR) is 76.9 cm³/mol. The fourth-order valence-electron chi connectivity index (χ4n) is 1.07. The van der Waals surface area contributed by atoms with E-state index in [2.05, 4.69) is 43.3 Å². The van der Waals surface area contributed by atoms with Crippen molar-refractivity contribution in [1.29, 1.82) is 0 Å². The number of hydrogen-bond donors (Lipinski definition) is 2. The van der Waals surface area contributed by atoms with Crippen LogP contribution in [0.15, 0.2) is 60.7 Å². The third-order valence-corrected chi connectivity index (χ3v) is 1.88. The largest absolute Gasteiger partial charge is 0.231 e. The zero-order valence-electron chi connectivity index (χ0n) is 10.6. The van der Waals surface area contributed by atoms with Crippen molar-refractivity contribution in [3.05, 3.63) is 71.8 Å². The van der Waals surface area contributed by atoms with Gasteiger partial charge in [-0.15, -0.1) is 0 Å². The van der Waals surface area contributed by atoms with Crippen LogP contribution in [0.3, 0.4) is 0 Å². The third-order valence-electron chi connectivity index (χ3n) is 1.88. The van der Waals surface area contributed by atoms with E-state index in [0.29, 0.717) is 0 Å². The second-order valence-corrected chi connectivity index (χ2v) is 4.17. The first-order valence-corrected chi connectivity index (χ1v) is 6.69. The molecule has 0 aliphatic carbocycles. The van der Waals surface area contributed by atoms with Crippen molar-refractivity contribution in [2.45, 2.75) is 13.8 Å². The molecule has 0 atom stereocenters.